The smallest absolute Gasteiger partial charge is 0.352 e. The van der Waals surface area contributed by atoms with Crippen molar-refractivity contribution in [1.82, 2.24) is 15.1 Å². The maximum Gasteiger partial charge on any atom is 0.352 e. The van der Waals surface area contributed by atoms with Gasteiger partial charge in [-0.3, -0.25) is 24.1 Å². The van der Waals surface area contributed by atoms with Crippen molar-refractivity contribution in [3.8, 4) is 5.75 Å². The fourth-order valence-corrected chi connectivity index (χ4v) is 7.70. The van der Waals surface area contributed by atoms with Gasteiger partial charge in [0.1, 0.15) is 17.1 Å². The number of pyridine rings is 1. The number of thioether (sulfide) groups is 2. The molecule has 0 aliphatic carbocycles. The summed E-state index contributed by atoms with van der Waals surface area (Å²) in [6.07, 6.45) is 5.35. The number of likely N-dealkylation sites (tertiary alicyclic amines) is 1. The number of carbonyl (C=O) groups is 5. The molecule has 12 nitrogen and oxygen atoms in total. The van der Waals surface area contributed by atoms with Crippen molar-refractivity contribution in [3.05, 3.63) is 107 Å². The highest BCUT2D eigenvalue weighted by molar-refractivity contribution is 8.00. The fourth-order valence-electron chi connectivity index (χ4n) is 5.67. The van der Waals surface area contributed by atoms with Gasteiger partial charge in [-0.05, 0) is 47.9 Å². The number of β-lactam (4-membered cyclic amide) rings is 1. The van der Waals surface area contributed by atoms with Gasteiger partial charge in [0.25, 0.3) is 11.8 Å². The van der Waals surface area contributed by atoms with Gasteiger partial charge in [-0.25, -0.2) is 9.18 Å². The number of phenols is 1. The topological polar surface area (TPSA) is 160 Å². The van der Waals surface area contributed by atoms with Gasteiger partial charge in [0.2, 0.25) is 18.4 Å². The van der Waals surface area contributed by atoms with Crippen molar-refractivity contribution in [2.45, 2.75) is 35.8 Å². The Kier molecular flexibility index (Phi) is 10.0. The number of amides is 4. The second-order valence-corrected chi connectivity index (χ2v) is 13.6. The van der Waals surface area contributed by atoms with Crippen molar-refractivity contribution in [3.63, 3.8) is 0 Å². The van der Waals surface area contributed by atoms with E-state index in [-0.39, 0.29) is 41.2 Å². The minimum Gasteiger partial charge on any atom is -0.505 e. The number of hydrogen-bond acceptors (Lipinski definition) is 8. The molecule has 3 aliphatic heterocycles. The van der Waals surface area contributed by atoms with E-state index in [1.165, 1.54) is 34.5 Å². The summed E-state index contributed by atoms with van der Waals surface area (Å²) in [5.41, 5.74) is 1.66. The number of hydrogen-bond donors (Lipinski definition) is 4. The highest BCUT2D eigenvalue weighted by Gasteiger charge is 2.54. The third-order valence-electron chi connectivity index (χ3n) is 8.08. The van der Waals surface area contributed by atoms with E-state index in [1.54, 1.807) is 40.1 Å². The van der Waals surface area contributed by atoms with Gasteiger partial charge in [0, 0.05) is 53.2 Å². The highest BCUT2D eigenvalue weighted by atomic mass is 32.2. The lowest BCUT2D eigenvalue weighted by molar-refractivity contribution is -0.684. The molecular weight excluding hydrogens is 674 g/mol. The van der Waals surface area contributed by atoms with Gasteiger partial charge in [0.15, 0.2) is 24.0 Å². The fraction of sp³-hybridized carbons (Fsp3) is 0.235. The first-order valence-electron chi connectivity index (χ1n) is 15.2. The van der Waals surface area contributed by atoms with Crippen molar-refractivity contribution in [2.24, 2.45) is 0 Å². The number of allylic oxidation sites excluding steroid dienone is 1. The molecule has 15 heteroatoms. The number of halogens is 1. The molecule has 2 aromatic carbocycles. The van der Waals surface area contributed by atoms with Crippen LogP contribution < -0.4 is 15.2 Å². The molecule has 4 N–H and O–H groups in total. The molecule has 49 heavy (non-hydrogen) atoms. The maximum atomic E-state index is 13.5. The molecule has 4 heterocycles. The van der Waals surface area contributed by atoms with Crippen LogP contribution in [0.25, 0.3) is 0 Å². The van der Waals surface area contributed by atoms with Gasteiger partial charge < -0.3 is 25.7 Å². The zero-order chi connectivity index (χ0) is 34.7. The molecule has 0 saturated carbocycles. The molecule has 2 fully saturated rings. The van der Waals surface area contributed by atoms with E-state index in [1.807, 2.05) is 30.3 Å². The number of nitrogens with zero attached hydrogens (tertiary/aromatic N) is 3. The number of aromatic hydroxyl groups is 1. The summed E-state index contributed by atoms with van der Waals surface area (Å²) in [5, 5.41) is 24.1. The van der Waals surface area contributed by atoms with Crippen LogP contribution in [-0.4, -0.2) is 79.1 Å². The number of aromatic nitrogens is 1. The Morgan fingerprint density at radius 1 is 1.06 bits per heavy atom. The number of carboxylic acids is 1. The quantitative estimate of drug-likeness (QED) is 0.0774. The van der Waals surface area contributed by atoms with Crippen LogP contribution in [0.15, 0.2) is 101 Å². The number of nitrogens with one attached hydrogen (secondary N) is 2. The Hall–Kier alpha value is -5.15. The molecular formula is C34H31FN5O7S2+. The van der Waals surface area contributed by atoms with Crippen LogP contribution in [-0.2, 0) is 37.1 Å². The van der Waals surface area contributed by atoms with E-state index in [0.717, 1.165) is 22.6 Å². The van der Waals surface area contributed by atoms with E-state index in [4.69, 9.17) is 0 Å². The monoisotopic (exact) mass is 704 g/mol. The average Bonchev–Trinajstić information content (AvgIpc) is 3.42. The summed E-state index contributed by atoms with van der Waals surface area (Å²) >= 11 is 2.68. The molecule has 252 valence electrons. The lowest BCUT2D eigenvalue weighted by Crippen LogP contribution is -2.70. The Bertz CT molecular complexity index is 1890. The van der Waals surface area contributed by atoms with Crippen molar-refractivity contribution in [2.75, 3.05) is 23.4 Å². The Balaban J connectivity index is 1.04. The van der Waals surface area contributed by atoms with Gasteiger partial charge >= 0.3 is 5.97 Å². The molecule has 1 aromatic heterocycles. The predicted molar refractivity (Wildman–Crippen MR) is 178 cm³/mol. The van der Waals surface area contributed by atoms with E-state index in [2.05, 4.69) is 10.6 Å². The van der Waals surface area contributed by atoms with Gasteiger partial charge in [-0.15, -0.1) is 23.5 Å². The SMILES string of the molecule is O=C(C[n+]1ccc(CN2CCC(=CC3=C(C(=O)O)N4C(=O)[C@@H](NC(=O)CSc5ccccc5)[C@H]4SC3)C2=O)cc1)Nc1ccc(O)c(F)c1. The molecule has 0 bridgehead atoms. The number of carbonyl (C=O) groups excluding carboxylic acids is 4. The highest BCUT2D eigenvalue weighted by Crippen LogP contribution is 2.41. The zero-order valence-corrected chi connectivity index (χ0v) is 27.5. The summed E-state index contributed by atoms with van der Waals surface area (Å²) < 4.78 is 15.2. The molecule has 2 saturated heterocycles. The van der Waals surface area contributed by atoms with Gasteiger partial charge in [-0.1, -0.05) is 18.2 Å². The van der Waals surface area contributed by atoms with Gasteiger partial charge in [-0.2, -0.15) is 4.57 Å². The summed E-state index contributed by atoms with van der Waals surface area (Å²) in [6.45, 7) is 0.679. The van der Waals surface area contributed by atoms with E-state index >= 15 is 0 Å². The predicted octanol–water partition coefficient (Wildman–Crippen LogP) is 2.65. The number of rotatable bonds is 11. The van der Waals surface area contributed by atoms with Crippen molar-refractivity contribution < 1.29 is 43.1 Å². The summed E-state index contributed by atoms with van der Waals surface area (Å²) in [7, 11) is 0. The number of benzene rings is 2. The van der Waals surface area contributed by atoms with Crippen LogP contribution in [0.2, 0.25) is 0 Å². The summed E-state index contributed by atoms with van der Waals surface area (Å²) in [5.74, 6) is -3.71. The standard InChI is InChI=1S/C34H30FN5O7S2/c35-25-15-23(6-7-26(25)41)36-27(42)17-38-11-8-20(9-12-38)16-39-13-10-21(31(39)44)14-22-18-49-33-29(32(45)40(33)30(22)34(46)47)37-28(43)19-48-24-4-2-1-3-5-24/h1-9,11-12,14-15,29,33H,10,13,16-19H2,(H3-,36,37,41,42,43,46,47)/p+1/t29-,33-/m1/s1. The lowest BCUT2D eigenvalue weighted by Gasteiger charge is -2.49. The number of aliphatic carboxylic acids is 1. The molecule has 0 unspecified atom stereocenters. The first-order chi connectivity index (χ1) is 23.6. The number of carboxylic acid groups (broad SMARTS) is 1. The lowest BCUT2D eigenvalue weighted by atomic mass is 10.0. The largest absolute Gasteiger partial charge is 0.505 e. The molecule has 0 radical (unpaired) electrons. The average molecular weight is 705 g/mol. The summed E-state index contributed by atoms with van der Waals surface area (Å²) in [4.78, 5) is 67.4. The normalized spacial score (nSPS) is 19.5. The number of fused-ring (bicyclic) bond motifs is 1. The number of phenolic OH excluding ortho intramolecular Hbond substituents is 1. The third kappa shape index (κ3) is 7.62. The van der Waals surface area contributed by atoms with Crippen LogP contribution >= 0.6 is 23.5 Å². The zero-order valence-electron chi connectivity index (χ0n) is 25.9. The maximum absolute atomic E-state index is 13.5. The van der Waals surface area contributed by atoms with Crippen LogP contribution in [0.1, 0.15) is 12.0 Å². The first-order valence-corrected chi connectivity index (χ1v) is 17.3. The molecule has 3 aromatic rings. The number of anilines is 1. The Morgan fingerprint density at radius 2 is 1.82 bits per heavy atom. The molecule has 2 atom stereocenters. The van der Waals surface area contributed by atoms with Crippen LogP contribution in [0.5, 0.6) is 5.75 Å². The van der Waals surface area contributed by atoms with Gasteiger partial charge in [0.05, 0.1) is 5.75 Å². The minimum absolute atomic E-state index is 0.0435. The third-order valence-corrected chi connectivity index (χ3v) is 10.4. The van der Waals surface area contributed by atoms with Crippen LogP contribution in [0.4, 0.5) is 10.1 Å². The second kappa shape index (κ2) is 14.5. The molecule has 0 spiro atoms. The molecule has 6 rings (SSSR count). The van der Waals surface area contributed by atoms with Crippen molar-refractivity contribution in [1.29, 1.82) is 0 Å². The van der Waals surface area contributed by atoms with Crippen molar-refractivity contribution >= 4 is 58.8 Å². The Morgan fingerprint density at radius 3 is 2.53 bits per heavy atom. The minimum atomic E-state index is -1.28. The summed E-state index contributed by atoms with van der Waals surface area (Å²) in [6, 6.07) is 15.7. The first kappa shape index (κ1) is 33.7. The van der Waals surface area contributed by atoms with E-state index in [0.29, 0.717) is 30.7 Å². The second-order valence-electron chi connectivity index (χ2n) is 11.5. The molecule has 4 amide bonds. The molecule has 3 aliphatic rings. The Labute approximate surface area is 288 Å². The van der Waals surface area contributed by atoms with E-state index < -0.39 is 40.8 Å². The van der Waals surface area contributed by atoms with Crippen LogP contribution in [0.3, 0.4) is 0 Å². The van der Waals surface area contributed by atoms with E-state index in [9.17, 15) is 38.6 Å². The van der Waals surface area contributed by atoms with Crippen LogP contribution in [0, 0.1) is 5.82 Å².